The number of nitrogens with two attached hydrogens (primary N) is 1. The van der Waals surface area contributed by atoms with Gasteiger partial charge in [0, 0.05) is 16.9 Å². The summed E-state index contributed by atoms with van der Waals surface area (Å²) in [5.41, 5.74) is 9.28. The maximum absolute atomic E-state index is 13.1. The van der Waals surface area contributed by atoms with E-state index in [1.807, 2.05) is 51.2 Å². The predicted molar refractivity (Wildman–Crippen MR) is 124 cm³/mol. The van der Waals surface area contributed by atoms with Crippen LogP contribution in [0, 0.1) is 6.92 Å². The highest BCUT2D eigenvalue weighted by Gasteiger charge is 2.24. The van der Waals surface area contributed by atoms with E-state index in [0.29, 0.717) is 22.5 Å². The van der Waals surface area contributed by atoms with E-state index in [4.69, 9.17) is 5.73 Å². The van der Waals surface area contributed by atoms with Crippen LogP contribution in [0.3, 0.4) is 0 Å². The third-order valence-corrected chi connectivity index (χ3v) is 4.72. The third-order valence-electron chi connectivity index (χ3n) is 4.72. The minimum atomic E-state index is -0.891. The van der Waals surface area contributed by atoms with Gasteiger partial charge in [-0.2, -0.15) is 0 Å². The molecule has 0 aliphatic carbocycles. The van der Waals surface area contributed by atoms with Crippen LogP contribution < -0.4 is 27.1 Å². The summed E-state index contributed by atoms with van der Waals surface area (Å²) in [6.45, 7) is 1.98. The number of carbonyl (C=O) groups is 3. The van der Waals surface area contributed by atoms with Crippen LogP contribution in [-0.4, -0.2) is 25.7 Å². The predicted octanol–water partition coefficient (Wildman–Crippen LogP) is 1.85. The summed E-state index contributed by atoms with van der Waals surface area (Å²) < 4.78 is 0. The average molecular weight is 414 g/mol. The first-order valence-electron chi connectivity index (χ1n) is 9.74. The van der Waals surface area contributed by atoms with Gasteiger partial charge in [0.05, 0.1) is 0 Å². The van der Waals surface area contributed by atoms with Gasteiger partial charge in [-0.15, -0.1) is 0 Å². The van der Waals surface area contributed by atoms with Crippen molar-refractivity contribution < 1.29 is 14.4 Å². The molecular formula is C23H23BN4O3. The molecule has 156 valence electrons. The summed E-state index contributed by atoms with van der Waals surface area (Å²) in [7, 11) is 1.92. The van der Waals surface area contributed by atoms with E-state index in [2.05, 4.69) is 16.0 Å². The summed E-state index contributed by atoms with van der Waals surface area (Å²) >= 11 is 0. The fourth-order valence-electron chi connectivity index (χ4n) is 3.17. The van der Waals surface area contributed by atoms with Gasteiger partial charge in [0.15, 0.2) is 0 Å². The summed E-state index contributed by atoms with van der Waals surface area (Å²) in [6.07, 6.45) is 0. The molecule has 3 aromatic rings. The maximum Gasteiger partial charge on any atom is 0.316 e. The Morgan fingerprint density at radius 3 is 2.19 bits per heavy atom. The lowest BCUT2D eigenvalue weighted by molar-refractivity contribution is -0.118. The Kier molecular flexibility index (Phi) is 6.72. The third kappa shape index (κ3) is 5.73. The standard InChI is InChI=1S/C23H23BN4O3/c1-14-7-12-19(18(24)13-14)27-22(30)20(15-5-3-2-4-6-15)28-21(29)16-8-10-17(11-9-16)26-23(25)31/h2-13,20H,24H2,1H3,(H,27,30)(H,28,29)(H3,25,26,31). The zero-order valence-corrected chi connectivity index (χ0v) is 17.3. The molecule has 0 heterocycles. The Labute approximate surface area is 181 Å². The summed E-state index contributed by atoms with van der Waals surface area (Å²) in [6, 6.07) is 19.4. The number of primary amides is 1. The molecule has 3 rings (SSSR count). The Morgan fingerprint density at radius 2 is 1.58 bits per heavy atom. The van der Waals surface area contributed by atoms with E-state index in [1.54, 1.807) is 36.4 Å². The molecule has 0 bridgehead atoms. The van der Waals surface area contributed by atoms with Crippen LogP contribution in [0.4, 0.5) is 16.2 Å². The minimum absolute atomic E-state index is 0.343. The molecule has 0 radical (unpaired) electrons. The van der Waals surface area contributed by atoms with Crippen molar-refractivity contribution in [1.29, 1.82) is 0 Å². The highest BCUT2D eigenvalue weighted by molar-refractivity contribution is 6.36. The van der Waals surface area contributed by atoms with E-state index in [0.717, 1.165) is 11.0 Å². The highest BCUT2D eigenvalue weighted by atomic mass is 16.2. The minimum Gasteiger partial charge on any atom is -0.351 e. The van der Waals surface area contributed by atoms with Gasteiger partial charge in [-0.3, -0.25) is 9.59 Å². The molecule has 0 aliphatic heterocycles. The van der Waals surface area contributed by atoms with Gasteiger partial charge in [-0.25, -0.2) is 4.79 Å². The van der Waals surface area contributed by atoms with Crippen molar-refractivity contribution in [3.63, 3.8) is 0 Å². The largest absolute Gasteiger partial charge is 0.351 e. The van der Waals surface area contributed by atoms with Crippen molar-refractivity contribution in [2.24, 2.45) is 5.73 Å². The van der Waals surface area contributed by atoms with Crippen molar-refractivity contribution in [3.8, 4) is 0 Å². The number of anilines is 2. The molecular weight excluding hydrogens is 391 g/mol. The monoisotopic (exact) mass is 414 g/mol. The average Bonchev–Trinajstić information content (AvgIpc) is 2.74. The van der Waals surface area contributed by atoms with Crippen molar-refractivity contribution in [2.45, 2.75) is 13.0 Å². The quantitative estimate of drug-likeness (QED) is 0.462. The number of hydrogen-bond acceptors (Lipinski definition) is 3. The maximum atomic E-state index is 13.1. The number of rotatable bonds is 6. The number of aryl methyl sites for hydroxylation is 1. The molecule has 0 spiro atoms. The van der Waals surface area contributed by atoms with Crippen LogP contribution in [-0.2, 0) is 4.79 Å². The second-order valence-electron chi connectivity index (χ2n) is 7.19. The van der Waals surface area contributed by atoms with Crippen molar-refractivity contribution in [1.82, 2.24) is 5.32 Å². The van der Waals surface area contributed by atoms with Crippen molar-refractivity contribution in [2.75, 3.05) is 10.6 Å². The molecule has 0 fully saturated rings. The smallest absolute Gasteiger partial charge is 0.316 e. The number of urea groups is 1. The molecule has 31 heavy (non-hydrogen) atoms. The van der Waals surface area contributed by atoms with Crippen LogP contribution in [0.2, 0.25) is 0 Å². The molecule has 0 aliphatic rings. The lowest BCUT2D eigenvalue weighted by Gasteiger charge is -2.20. The van der Waals surface area contributed by atoms with E-state index >= 15 is 0 Å². The fourth-order valence-corrected chi connectivity index (χ4v) is 3.17. The van der Waals surface area contributed by atoms with Crippen molar-refractivity contribution in [3.05, 3.63) is 89.5 Å². The molecule has 0 aromatic heterocycles. The summed E-state index contributed by atoms with van der Waals surface area (Å²) in [5, 5.41) is 8.14. The summed E-state index contributed by atoms with van der Waals surface area (Å²) in [4.78, 5) is 36.9. The van der Waals surface area contributed by atoms with Crippen LogP contribution >= 0.6 is 0 Å². The zero-order valence-electron chi connectivity index (χ0n) is 17.3. The van der Waals surface area contributed by atoms with E-state index < -0.39 is 18.0 Å². The van der Waals surface area contributed by atoms with Crippen LogP contribution in [0.1, 0.15) is 27.5 Å². The van der Waals surface area contributed by atoms with Crippen LogP contribution in [0.5, 0.6) is 0 Å². The van der Waals surface area contributed by atoms with E-state index in [-0.39, 0.29) is 5.91 Å². The van der Waals surface area contributed by atoms with Crippen LogP contribution in [0.15, 0.2) is 72.8 Å². The zero-order chi connectivity index (χ0) is 22.4. The normalized spacial score (nSPS) is 11.3. The number of nitrogens with one attached hydrogen (secondary N) is 3. The lowest BCUT2D eigenvalue weighted by Crippen LogP contribution is -2.37. The molecule has 1 atom stereocenters. The fraction of sp³-hybridized carbons (Fsp3) is 0.0870. The Bertz CT molecular complexity index is 1100. The van der Waals surface area contributed by atoms with Gasteiger partial charge in [-0.1, -0.05) is 53.5 Å². The van der Waals surface area contributed by atoms with Crippen LogP contribution in [0.25, 0.3) is 0 Å². The van der Waals surface area contributed by atoms with Gasteiger partial charge in [0.1, 0.15) is 13.9 Å². The first kappa shape index (κ1) is 21.6. The molecule has 1 unspecified atom stereocenters. The lowest BCUT2D eigenvalue weighted by atomic mass is 9.92. The molecule has 3 aromatic carbocycles. The summed E-state index contributed by atoms with van der Waals surface area (Å²) in [5.74, 6) is -0.770. The molecule has 0 saturated carbocycles. The SMILES string of the molecule is Bc1cc(C)ccc1NC(=O)C(NC(=O)c1ccc(NC(N)=O)cc1)c1ccccc1. The Morgan fingerprint density at radius 1 is 0.903 bits per heavy atom. The van der Waals surface area contributed by atoms with E-state index in [1.165, 1.54) is 0 Å². The van der Waals surface area contributed by atoms with E-state index in [9.17, 15) is 14.4 Å². The van der Waals surface area contributed by atoms with Gasteiger partial charge < -0.3 is 21.7 Å². The molecule has 8 heteroatoms. The number of benzene rings is 3. The van der Waals surface area contributed by atoms with Gasteiger partial charge in [0.25, 0.3) is 11.8 Å². The molecule has 7 nitrogen and oxygen atoms in total. The first-order chi connectivity index (χ1) is 14.8. The Balaban J connectivity index is 1.81. The van der Waals surface area contributed by atoms with Gasteiger partial charge in [-0.05, 0) is 42.8 Å². The first-order valence-corrected chi connectivity index (χ1v) is 9.74. The van der Waals surface area contributed by atoms with Crippen molar-refractivity contribution >= 4 is 42.5 Å². The number of carbonyl (C=O) groups excluding carboxylic acids is 3. The van der Waals surface area contributed by atoms with Gasteiger partial charge >= 0.3 is 6.03 Å². The molecule has 5 N–H and O–H groups in total. The molecule has 0 saturated heterocycles. The number of amides is 4. The second-order valence-corrected chi connectivity index (χ2v) is 7.19. The Hall–Kier alpha value is -4.07. The van der Waals surface area contributed by atoms with Gasteiger partial charge in [0.2, 0.25) is 0 Å². The highest BCUT2D eigenvalue weighted by Crippen LogP contribution is 2.17. The second kappa shape index (κ2) is 9.62. The topological polar surface area (TPSA) is 113 Å². The number of hydrogen-bond donors (Lipinski definition) is 4. The molecule has 4 amide bonds.